The Hall–Kier alpha value is -3.05. The first-order valence-corrected chi connectivity index (χ1v) is 7.98. The Morgan fingerprint density at radius 3 is 2.92 bits per heavy atom. The molecule has 0 saturated carbocycles. The first-order valence-electron chi connectivity index (χ1n) is 7.98. The van der Waals surface area contributed by atoms with Crippen molar-refractivity contribution in [3.8, 4) is 11.5 Å². The number of carbonyl (C=O) groups is 1. The molecule has 0 amide bonds. The van der Waals surface area contributed by atoms with Gasteiger partial charge in [-0.1, -0.05) is 30.4 Å². The van der Waals surface area contributed by atoms with Crippen molar-refractivity contribution in [2.75, 3.05) is 0 Å². The molecule has 0 spiro atoms. The Kier molecular flexibility index (Phi) is 3.58. The van der Waals surface area contributed by atoms with Gasteiger partial charge in [-0.25, -0.2) is 4.79 Å². The van der Waals surface area contributed by atoms with Gasteiger partial charge in [0.2, 0.25) is 0 Å². The minimum atomic E-state index is -0.959. The molecule has 3 N–H and O–H groups in total. The van der Waals surface area contributed by atoms with Gasteiger partial charge in [-0.05, 0) is 30.2 Å². The van der Waals surface area contributed by atoms with Crippen molar-refractivity contribution in [1.82, 2.24) is 0 Å². The van der Waals surface area contributed by atoms with Gasteiger partial charge in [-0.2, -0.15) is 0 Å². The molecule has 4 rings (SSSR count). The Morgan fingerprint density at radius 2 is 2.12 bits per heavy atom. The van der Waals surface area contributed by atoms with Gasteiger partial charge in [0.05, 0.1) is 6.10 Å². The number of phenolic OH excluding ortho intramolecular Hbond substituents is 1. The maximum atomic E-state index is 11.7. The Balaban J connectivity index is 1.95. The summed E-state index contributed by atoms with van der Waals surface area (Å²) in [6.07, 6.45) is 10.1. The van der Waals surface area contributed by atoms with E-state index in [1.165, 1.54) is 6.07 Å². The number of aliphatic hydroxyl groups excluding tert-OH is 1. The summed E-state index contributed by atoms with van der Waals surface area (Å²) in [5.41, 5.74) is 2.65. The third kappa shape index (κ3) is 2.58. The van der Waals surface area contributed by atoms with Crippen molar-refractivity contribution in [2.45, 2.75) is 12.5 Å². The van der Waals surface area contributed by atoms with Gasteiger partial charge in [-0.3, -0.25) is 0 Å². The SMILES string of the molecule is O=C(O)C1=CC=CCC1C1=C2C=CC(O)C=C2Oc2cc(O)ccc21. The summed E-state index contributed by atoms with van der Waals surface area (Å²) in [5, 5.41) is 29.2. The molecule has 2 atom stereocenters. The summed E-state index contributed by atoms with van der Waals surface area (Å²) in [4.78, 5) is 11.7. The number of phenols is 1. The zero-order chi connectivity index (χ0) is 17.6. The normalized spacial score (nSPS) is 24.0. The fourth-order valence-corrected chi connectivity index (χ4v) is 3.47. The molecular formula is C20H16O5. The zero-order valence-electron chi connectivity index (χ0n) is 13.2. The second-order valence-corrected chi connectivity index (χ2v) is 6.13. The summed E-state index contributed by atoms with van der Waals surface area (Å²) in [6, 6.07) is 4.79. The van der Waals surface area contributed by atoms with Crippen LogP contribution in [0.2, 0.25) is 0 Å². The van der Waals surface area contributed by atoms with Gasteiger partial charge >= 0.3 is 5.97 Å². The molecule has 1 heterocycles. The first kappa shape index (κ1) is 15.5. The van der Waals surface area contributed by atoms with Gasteiger partial charge in [0.15, 0.2) is 0 Å². The average Bonchev–Trinajstić information content (AvgIpc) is 2.59. The summed E-state index contributed by atoms with van der Waals surface area (Å²) >= 11 is 0. The standard InChI is InChI=1S/C20H16O5/c21-11-5-7-15-17(9-11)25-18-10-12(22)6-8-16(18)19(15)13-3-1-2-4-14(13)20(23)24/h1-2,4-11,13,21-22H,3H2,(H,23,24). The number of hydrogen-bond donors (Lipinski definition) is 3. The van der Waals surface area contributed by atoms with Crippen LogP contribution in [0.25, 0.3) is 5.57 Å². The van der Waals surface area contributed by atoms with Crippen LogP contribution in [0.5, 0.6) is 11.5 Å². The number of carboxylic acids is 1. The van der Waals surface area contributed by atoms with E-state index in [1.807, 2.05) is 6.08 Å². The number of benzene rings is 1. The number of aliphatic hydroxyl groups is 1. The van der Waals surface area contributed by atoms with Crippen LogP contribution in [0.4, 0.5) is 0 Å². The third-order valence-electron chi connectivity index (χ3n) is 4.57. The molecule has 126 valence electrons. The van der Waals surface area contributed by atoms with Crippen LogP contribution in [0.15, 0.2) is 71.6 Å². The van der Waals surface area contributed by atoms with E-state index in [4.69, 9.17) is 4.74 Å². The highest BCUT2D eigenvalue weighted by atomic mass is 16.5. The minimum absolute atomic E-state index is 0.0617. The van der Waals surface area contributed by atoms with E-state index in [0.29, 0.717) is 23.5 Å². The Morgan fingerprint density at radius 1 is 1.28 bits per heavy atom. The smallest absolute Gasteiger partial charge is 0.332 e. The van der Waals surface area contributed by atoms with Gasteiger partial charge < -0.3 is 20.1 Å². The van der Waals surface area contributed by atoms with E-state index >= 15 is 0 Å². The average molecular weight is 336 g/mol. The molecule has 0 aromatic heterocycles. The van der Waals surface area contributed by atoms with Gasteiger partial charge in [0, 0.05) is 28.7 Å². The fourth-order valence-electron chi connectivity index (χ4n) is 3.47. The highest BCUT2D eigenvalue weighted by Gasteiger charge is 2.34. The molecule has 2 aliphatic carbocycles. The summed E-state index contributed by atoms with van der Waals surface area (Å²) in [7, 11) is 0. The molecule has 3 aliphatic rings. The number of aromatic hydroxyl groups is 1. The maximum absolute atomic E-state index is 11.7. The lowest BCUT2D eigenvalue weighted by molar-refractivity contribution is -0.133. The molecule has 1 aromatic rings. The molecule has 0 saturated heterocycles. The molecule has 25 heavy (non-hydrogen) atoms. The summed E-state index contributed by atoms with van der Waals surface area (Å²) in [6.45, 7) is 0. The number of rotatable bonds is 2. The summed E-state index contributed by atoms with van der Waals surface area (Å²) in [5.74, 6) is -0.312. The van der Waals surface area contributed by atoms with E-state index in [0.717, 1.165) is 16.7 Å². The number of ether oxygens (including phenoxy) is 1. The lowest BCUT2D eigenvalue weighted by atomic mass is 9.77. The predicted octanol–water partition coefficient (Wildman–Crippen LogP) is 2.94. The monoisotopic (exact) mass is 336 g/mol. The molecule has 1 aliphatic heterocycles. The van der Waals surface area contributed by atoms with Crippen molar-refractivity contribution < 1.29 is 24.9 Å². The van der Waals surface area contributed by atoms with Crippen molar-refractivity contribution in [3.63, 3.8) is 0 Å². The van der Waals surface area contributed by atoms with Crippen molar-refractivity contribution >= 4 is 11.5 Å². The Labute approximate surface area is 144 Å². The quantitative estimate of drug-likeness (QED) is 0.773. The molecule has 1 aromatic carbocycles. The molecule has 5 nitrogen and oxygen atoms in total. The lowest BCUT2D eigenvalue weighted by Gasteiger charge is -2.32. The molecule has 0 bridgehead atoms. The number of allylic oxidation sites excluding steroid dienone is 5. The third-order valence-corrected chi connectivity index (χ3v) is 4.57. The van der Waals surface area contributed by atoms with Crippen LogP contribution in [-0.4, -0.2) is 27.4 Å². The maximum Gasteiger partial charge on any atom is 0.332 e. The number of carboxylic acid groups (broad SMARTS) is 1. The zero-order valence-corrected chi connectivity index (χ0v) is 13.2. The first-order chi connectivity index (χ1) is 12.0. The van der Waals surface area contributed by atoms with Crippen LogP contribution >= 0.6 is 0 Å². The largest absolute Gasteiger partial charge is 0.508 e. The highest BCUT2D eigenvalue weighted by molar-refractivity contribution is 5.95. The topological polar surface area (TPSA) is 87.0 Å². The van der Waals surface area contributed by atoms with Crippen LogP contribution in [-0.2, 0) is 4.79 Å². The van der Waals surface area contributed by atoms with E-state index in [2.05, 4.69) is 0 Å². The van der Waals surface area contributed by atoms with E-state index in [9.17, 15) is 20.1 Å². The minimum Gasteiger partial charge on any atom is -0.508 e. The number of hydrogen-bond acceptors (Lipinski definition) is 4. The number of fused-ring (bicyclic) bond motifs is 2. The van der Waals surface area contributed by atoms with Crippen LogP contribution in [0.1, 0.15) is 12.0 Å². The second kappa shape index (κ2) is 5.79. The van der Waals surface area contributed by atoms with E-state index < -0.39 is 12.1 Å². The van der Waals surface area contributed by atoms with Crippen molar-refractivity contribution in [1.29, 1.82) is 0 Å². The second-order valence-electron chi connectivity index (χ2n) is 6.13. The van der Waals surface area contributed by atoms with Crippen LogP contribution < -0.4 is 4.74 Å². The number of aliphatic carboxylic acids is 1. The van der Waals surface area contributed by atoms with Gasteiger partial charge in [0.1, 0.15) is 17.3 Å². The lowest BCUT2D eigenvalue weighted by Crippen LogP contribution is -2.22. The van der Waals surface area contributed by atoms with Crippen molar-refractivity contribution in [3.05, 3.63) is 77.1 Å². The van der Waals surface area contributed by atoms with Crippen LogP contribution in [0.3, 0.4) is 0 Å². The van der Waals surface area contributed by atoms with Gasteiger partial charge in [0.25, 0.3) is 0 Å². The van der Waals surface area contributed by atoms with E-state index in [1.54, 1.807) is 42.5 Å². The van der Waals surface area contributed by atoms with Crippen LogP contribution in [0, 0.1) is 5.92 Å². The van der Waals surface area contributed by atoms with Gasteiger partial charge in [-0.15, -0.1) is 0 Å². The highest BCUT2D eigenvalue weighted by Crippen LogP contribution is 2.47. The molecule has 0 fully saturated rings. The Bertz CT molecular complexity index is 914. The summed E-state index contributed by atoms with van der Waals surface area (Å²) < 4.78 is 5.85. The molecule has 2 unspecified atom stereocenters. The molecular weight excluding hydrogens is 320 g/mol. The fraction of sp³-hybridized carbons (Fsp3) is 0.150. The van der Waals surface area contributed by atoms with E-state index in [-0.39, 0.29) is 11.7 Å². The molecule has 5 heteroatoms. The molecule has 0 radical (unpaired) electrons. The van der Waals surface area contributed by atoms with Crippen molar-refractivity contribution in [2.24, 2.45) is 5.92 Å². The predicted molar refractivity (Wildman–Crippen MR) is 91.9 cm³/mol.